The molecule has 1 aliphatic heterocycles. The van der Waals surface area contributed by atoms with Gasteiger partial charge in [-0.25, -0.2) is 0 Å². The Bertz CT molecular complexity index is 1280. The summed E-state index contributed by atoms with van der Waals surface area (Å²) < 4.78 is 13.8. The van der Waals surface area contributed by atoms with Gasteiger partial charge in [-0.05, 0) is 48.6 Å². The van der Waals surface area contributed by atoms with Gasteiger partial charge in [-0.3, -0.25) is 14.4 Å². The molecule has 1 aliphatic rings. The molecule has 2 aromatic carbocycles. The van der Waals surface area contributed by atoms with Crippen LogP contribution in [0.5, 0.6) is 5.75 Å². The van der Waals surface area contributed by atoms with Crippen LogP contribution in [0, 0.1) is 24.7 Å². The zero-order valence-corrected chi connectivity index (χ0v) is 22.3. The van der Waals surface area contributed by atoms with Gasteiger partial charge in [0.15, 0.2) is 0 Å². The molecule has 0 aliphatic carbocycles. The van der Waals surface area contributed by atoms with Crippen LogP contribution < -0.4 is 4.74 Å². The van der Waals surface area contributed by atoms with Gasteiger partial charge in [0.2, 0.25) is 0 Å². The third-order valence-electron chi connectivity index (χ3n) is 6.74. The number of aryl methyl sites for hydroxylation is 1. The van der Waals surface area contributed by atoms with E-state index in [9.17, 15) is 9.90 Å². The lowest BCUT2D eigenvalue weighted by molar-refractivity contribution is -0.137. The predicted octanol–water partition coefficient (Wildman–Crippen LogP) is 4.99. The number of rotatable bonds is 10. The molecule has 0 saturated carbocycles. The van der Waals surface area contributed by atoms with E-state index in [1.54, 1.807) is 6.92 Å². The van der Waals surface area contributed by atoms with Gasteiger partial charge in [0, 0.05) is 31.6 Å². The molecule has 7 heteroatoms. The van der Waals surface area contributed by atoms with E-state index in [-0.39, 0.29) is 12.3 Å². The first kappa shape index (κ1) is 26.7. The van der Waals surface area contributed by atoms with E-state index in [0.717, 1.165) is 62.0 Å². The molecule has 0 unspecified atom stereocenters. The van der Waals surface area contributed by atoms with E-state index in [1.807, 2.05) is 24.3 Å². The molecule has 0 spiro atoms. The fourth-order valence-corrected chi connectivity index (χ4v) is 4.84. The van der Waals surface area contributed by atoms with Crippen molar-refractivity contribution in [3.63, 3.8) is 0 Å². The van der Waals surface area contributed by atoms with Gasteiger partial charge in [-0.15, -0.1) is 5.92 Å². The van der Waals surface area contributed by atoms with Crippen molar-refractivity contribution >= 4 is 16.9 Å². The number of ether oxygens (including phenoxy) is 2. The highest BCUT2D eigenvalue weighted by atomic mass is 16.5. The molecule has 3 aromatic rings. The number of morpholine rings is 1. The van der Waals surface area contributed by atoms with Crippen LogP contribution >= 0.6 is 0 Å². The van der Waals surface area contributed by atoms with Gasteiger partial charge in [0.1, 0.15) is 12.4 Å². The molecule has 196 valence electrons. The number of carbonyl (C=O) groups is 1. The second-order valence-corrected chi connectivity index (χ2v) is 10.1. The molecular weight excluding hydrogens is 466 g/mol. The van der Waals surface area contributed by atoms with Crippen molar-refractivity contribution in [3.05, 3.63) is 58.8 Å². The number of hydrogen-bond donors (Lipinski definition) is 1. The summed E-state index contributed by atoms with van der Waals surface area (Å²) in [4.78, 5) is 13.6. The highest BCUT2D eigenvalue weighted by molar-refractivity contribution is 5.86. The Morgan fingerprint density at radius 3 is 2.54 bits per heavy atom. The number of nitrogens with zero attached hydrogens (tertiary/aromatic N) is 3. The van der Waals surface area contributed by atoms with Crippen LogP contribution in [0.2, 0.25) is 0 Å². The van der Waals surface area contributed by atoms with E-state index in [4.69, 9.17) is 14.6 Å². The molecule has 0 bridgehead atoms. The summed E-state index contributed by atoms with van der Waals surface area (Å²) in [5, 5.41) is 15.4. The quantitative estimate of drug-likeness (QED) is 0.393. The SMILES string of the molecule is CC#C[C@@H](CC(=O)O)c1ccc(OCc2ccc3c(CN4CCOCC4)nn(CC(C)C)c3c2C)cc1. The van der Waals surface area contributed by atoms with Crippen LogP contribution in [0.15, 0.2) is 36.4 Å². The molecule has 0 amide bonds. The molecule has 1 N–H and O–H groups in total. The largest absolute Gasteiger partial charge is 0.489 e. The summed E-state index contributed by atoms with van der Waals surface area (Å²) >= 11 is 0. The number of carboxylic acids is 1. The van der Waals surface area contributed by atoms with E-state index in [2.05, 4.69) is 54.3 Å². The molecule has 1 aromatic heterocycles. The van der Waals surface area contributed by atoms with Crippen LogP contribution in [-0.2, 0) is 29.2 Å². The van der Waals surface area contributed by atoms with Gasteiger partial charge in [0.05, 0.1) is 36.8 Å². The zero-order chi connectivity index (χ0) is 26.4. The van der Waals surface area contributed by atoms with Gasteiger partial charge in [-0.1, -0.05) is 44.0 Å². The number of carboxylic acid groups (broad SMARTS) is 1. The maximum atomic E-state index is 11.2. The Hall–Kier alpha value is -3.34. The molecule has 37 heavy (non-hydrogen) atoms. The fraction of sp³-hybridized carbons (Fsp3) is 0.467. The Kier molecular flexibility index (Phi) is 8.86. The van der Waals surface area contributed by atoms with E-state index < -0.39 is 5.97 Å². The molecule has 2 heterocycles. The Balaban J connectivity index is 1.53. The lowest BCUT2D eigenvalue weighted by Gasteiger charge is -2.25. The molecule has 0 radical (unpaired) electrons. The third kappa shape index (κ3) is 6.71. The normalized spacial score (nSPS) is 14.9. The molecule has 1 fully saturated rings. The van der Waals surface area contributed by atoms with Crippen LogP contribution in [0.3, 0.4) is 0 Å². The first-order valence-corrected chi connectivity index (χ1v) is 13.0. The second kappa shape index (κ2) is 12.3. The van der Waals surface area contributed by atoms with Gasteiger partial charge < -0.3 is 14.6 Å². The average molecular weight is 504 g/mol. The van der Waals surface area contributed by atoms with Gasteiger partial charge in [0.25, 0.3) is 0 Å². The van der Waals surface area contributed by atoms with Crippen molar-refractivity contribution in [3.8, 4) is 17.6 Å². The molecule has 1 atom stereocenters. The fourth-order valence-electron chi connectivity index (χ4n) is 4.84. The Labute approximate surface area is 219 Å². The number of aliphatic carboxylic acids is 1. The minimum Gasteiger partial charge on any atom is -0.489 e. The van der Waals surface area contributed by atoms with Crippen molar-refractivity contribution in [2.75, 3.05) is 26.3 Å². The Morgan fingerprint density at radius 2 is 1.89 bits per heavy atom. The van der Waals surface area contributed by atoms with Crippen molar-refractivity contribution in [2.45, 2.75) is 59.7 Å². The summed E-state index contributed by atoms with van der Waals surface area (Å²) in [6.45, 7) is 13.9. The van der Waals surface area contributed by atoms with E-state index in [0.29, 0.717) is 12.5 Å². The zero-order valence-electron chi connectivity index (χ0n) is 22.3. The Morgan fingerprint density at radius 1 is 1.16 bits per heavy atom. The van der Waals surface area contributed by atoms with Crippen molar-refractivity contribution in [1.82, 2.24) is 14.7 Å². The number of benzene rings is 2. The van der Waals surface area contributed by atoms with Crippen LogP contribution in [0.1, 0.15) is 55.5 Å². The second-order valence-electron chi connectivity index (χ2n) is 10.1. The minimum atomic E-state index is -0.858. The summed E-state index contributed by atoms with van der Waals surface area (Å²) in [5.74, 6) is 5.87. The van der Waals surface area contributed by atoms with Gasteiger partial charge in [-0.2, -0.15) is 5.10 Å². The number of aromatic nitrogens is 2. The van der Waals surface area contributed by atoms with Gasteiger partial charge >= 0.3 is 5.97 Å². The highest BCUT2D eigenvalue weighted by Gasteiger charge is 2.19. The first-order chi connectivity index (χ1) is 17.9. The maximum absolute atomic E-state index is 11.2. The smallest absolute Gasteiger partial charge is 0.304 e. The summed E-state index contributed by atoms with van der Waals surface area (Å²) in [6.07, 6.45) is -0.0160. The highest BCUT2D eigenvalue weighted by Crippen LogP contribution is 2.28. The van der Waals surface area contributed by atoms with E-state index >= 15 is 0 Å². The topological polar surface area (TPSA) is 76.8 Å². The van der Waals surface area contributed by atoms with Crippen LogP contribution in [0.25, 0.3) is 10.9 Å². The first-order valence-electron chi connectivity index (χ1n) is 13.0. The monoisotopic (exact) mass is 503 g/mol. The number of hydrogen-bond acceptors (Lipinski definition) is 5. The van der Waals surface area contributed by atoms with Crippen molar-refractivity contribution in [1.29, 1.82) is 0 Å². The standard InChI is InChI=1S/C30H37N3O4/c1-5-6-24(17-29(34)35)23-7-10-26(11-8-23)37-20-25-9-12-27-28(19-32-13-15-36-16-14-32)31-33(18-21(2)3)30(27)22(25)4/h7-12,21,24H,13-20H2,1-4H3,(H,34,35)/t24-/m0/s1. The summed E-state index contributed by atoms with van der Waals surface area (Å²) in [7, 11) is 0. The molecule has 1 saturated heterocycles. The van der Waals surface area contributed by atoms with Crippen molar-refractivity contribution in [2.24, 2.45) is 5.92 Å². The lowest BCUT2D eigenvalue weighted by atomic mass is 9.96. The summed E-state index contributed by atoms with van der Waals surface area (Å²) in [5.41, 5.74) is 5.50. The average Bonchev–Trinajstić information content (AvgIpc) is 3.21. The molecule has 7 nitrogen and oxygen atoms in total. The minimum absolute atomic E-state index is 0.0160. The van der Waals surface area contributed by atoms with Crippen LogP contribution in [-0.4, -0.2) is 52.1 Å². The molecule has 4 rings (SSSR count). The van der Waals surface area contributed by atoms with E-state index in [1.165, 1.54) is 16.5 Å². The lowest BCUT2D eigenvalue weighted by Crippen LogP contribution is -2.35. The third-order valence-corrected chi connectivity index (χ3v) is 6.74. The number of fused-ring (bicyclic) bond motifs is 1. The maximum Gasteiger partial charge on any atom is 0.304 e. The van der Waals surface area contributed by atoms with Crippen LogP contribution in [0.4, 0.5) is 0 Å². The van der Waals surface area contributed by atoms with Crippen molar-refractivity contribution < 1.29 is 19.4 Å². The molecular formula is C30H37N3O4. The predicted molar refractivity (Wildman–Crippen MR) is 145 cm³/mol. The summed E-state index contributed by atoms with van der Waals surface area (Å²) in [6, 6.07) is 11.9.